The molecule has 270 valence electrons. The zero-order chi connectivity index (χ0) is 36.6. The molecular formula is C45H50O6Si. The van der Waals surface area contributed by atoms with Crippen molar-refractivity contribution in [1.82, 2.24) is 0 Å². The van der Waals surface area contributed by atoms with Crippen molar-refractivity contribution in [2.24, 2.45) is 0 Å². The second-order valence-corrected chi connectivity index (χ2v) is 19.7. The number of hydrogen-bond donors (Lipinski definition) is 1. The Balaban J connectivity index is 1.40. The highest BCUT2D eigenvalue weighted by Crippen LogP contribution is 2.51. The van der Waals surface area contributed by atoms with Crippen molar-refractivity contribution in [3.05, 3.63) is 162 Å². The lowest BCUT2D eigenvalue weighted by Gasteiger charge is -2.51. The number of fused-ring (bicyclic) bond motifs is 1. The van der Waals surface area contributed by atoms with E-state index in [2.05, 4.69) is 130 Å². The van der Waals surface area contributed by atoms with E-state index in [1.54, 1.807) is 7.11 Å². The van der Waals surface area contributed by atoms with E-state index in [1.165, 1.54) is 0 Å². The van der Waals surface area contributed by atoms with Gasteiger partial charge in [0.2, 0.25) is 0 Å². The molecule has 0 amide bonds. The number of aliphatic hydroxyl groups excluding tert-OH is 1. The molecule has 0 radical (unpaired) electrons. The molecule has 52 heavy (non-hydrogen) atoms. The summed E-state index contributed by atoms with van der Waals surface area (Å²) in [5.74, 6) is -0.195. The third-order valence-corrected chi connectivity index (χ3v) is 15.8. The number of hydrogen-bond acceptors (Lipinski definition) is 6. The van der Waals surface area contributed by atoms with Crippen molar-refractivity contribution in [2.75, 3.05) is 13.7 Å². The van der Waals surface area contributed by atoms with Gasteiger partial charge < -0.3 is 28.5 Å². The fraction of sp³-hybridized carbons (Fsp3) is 0.333. The van der Waals surface area contributed by atoms with Gasteiger partial charge in [0.25, 0.3) is 8.32 Å². The number of aliphatic hydroxyl groups is 1. The zero-order valence-electron chi connectivity index (χ0n) is 30.9. The molecule has 5 atom stereocenters. The molecule has 0 spiro atoms. The van der Waals surface area contributed by atoms with Crippen molar-refractivity contribution in [1.29, 1.82) is 0 Å². The van der Waals surface area contributed by atoms with E-state index in [4.69, 9.17) is 23.4 Å². The molecule has 7 rings (SSSR count). The largest absolute Gasteiger partial charge is 0.497 e. The van der Waals surface area contributed by atoms with Gasteiger partial charge in [-0.15, -0.1) is 0 Å². The van der Waals surface area contributed by atoms with Crippen molar-refractivity contribution < 1.29 is 28.5 Å². The molecule has 2 fully saturated rings. The molecule has 5 aromatic rings. The molecule has 0 aliphatic carbocycles. The van der Waals surface area contributed by atoms with Crippen LogP contribution in [0.2, 0.25) is 5.04 Å². The second kappa shape index (κ2) is 14.4. The summed E-state index contributed by atoms with van der Waals surface area (Å²) >= 11 is 0. The first-order valence-electron chi connectivity index (χ1n) is 18.2. The van der Waals surface area contributed by atoms with Gasteiger partial charge in [-0.1, -0.05) is 154 Å². The third-order valence-electron chi connectivity index (χ3n) is 10.8. The van der Waals surface area contributed by atoms with Gasteiger partial charge in [-0.3, -0.25) is 0 Å². The monoisotopic (exact) mass is 714 g/mol. The van der Waals surface area contributed by atoms with Gasteiger partial charge in [0.15, 0.2) is 5.79 Å². The van der Waals surface area contributed by atoms with Crippen LogP contribution in [0.5, 0.6) is 5.75 Å². The van der Waals surface area contributed by atoms with Crippen LogP contribution in [-0.4, -0.2) is 63.4 Å². The summed E-state index contributed by atoms with van der Waals surface area (Å²) in [6.07, 6.45) is -3.67. The molecule has 2 heterocycles. The van der Waals surface area contributed by atoms with Crippen molar-refractivity contribution >= 4 is 18.7 Å². The van der Waals surface area contributed by atoms with E-state index in [9.17, 15) is 5.11 Å². The summed E-state index contributed by atoms with van der Waals surface area (Å²) in [7, 11) is -1.30. The lowest BCUT2D eigenvalue weighted by molar-refractivity contribution is -0.206. The Morgan fingerprint density at radius 3 is 1.54 bits per heavy atom. The van der Waals surface area contributed by atoms with Crippen LogP contribution in [0.4, 0.5) is 0 Å². The number of ether oxygens (including phenoxy) is 4. The smallest absolute Gasteiger partial charge is 0.261 e. The van der Waals surface area contributed by atoms with E-state index in [0.29, 0.717) is 0 Å². The highest BCUT2D eigenvalue weighted by Gasteiger charge is 2.62. The van der Waals surface area contributed by atoms with Crippen LogP contribution in [0.15, 0.2) is 146 Å². The van der Waals surface area contributed by atoms with Gasteiger partial charge in [0.1, 0.15) is 36.3 Å². The first-order chi connectivity index (χ1) is 25.0. The minimum absolute atomic E-state index is 0.153. The molecule has 2 aliphatic rings. The Morgan fingerprint density at radius 1 is 0.635 bits per heavy atom. The highest BCUT2D eigenvalue weighted by molar-refractivity contribution is 6.99. The molecule has 0 bridgehead atoms. The van der Waals surface area contributed by atoms with Crippen LogP contribution in [0.3, 0.4) is 0 Å². The quantitative estimate of drug-likeness (QED) is 0.122. The van der Waals surface area contributed by atoms with Crippen molar-refractivity contribution in [3.63, 3.8) is 0 Å². The average Bonchev–Trinajstić information content (AvgIpc) is 3.50. The average molecular weight is 715 g/mol. The maximum absolute atomic E-state index is 12.3. The molecule has 0 unspecified atom stereocenters. The molecule has 2 aliphatic heterocycles. The van der Waals surface area contributed by atoms with E-state index in [-0.39, 0.29) is 11.6 Å². The first-order valence-corrected chi connectivity index (χ1v) is 20.1. The molecule has 7 heteroatoms. The van der Waals surface area contributed by atoms with Crippen LogP contribution < -0.4 is 15.1 Å². The van der Waals surface area contributed by atoms with Crippen LogP contribution in [-0.2, 0) is 24.1 Å². The summed E-state index contributed by atoms with van der Waals surface area (Å²) in [6, 6.07) is 50.2. The van der Waals surface area contributed by atoms with Gasteiger partial charge in [-0.25, -0.2) is 0 Å². The Bertz CT molecular complexity index is 1820. The summed E-state index contributed by atoms with van der Waals surface area (Å²) in [4.78, 5) is 0. The standard InChI is InChI=1S/C45H50O6Si/c1-43(2,3)52(36-23-15-9-16-24-36,37-25-17-10-18-26-37)48-31-38-39(46)40-41(51-44(4,5)50-40)42(49-38)45(32-19-11-7-12-20-32,33-21-13-8-14-22-33)34-27-29-35(47-6)30-28-34/h7-30,38-42,46H,31H2,1-6H3/t38-,39-,40+,41+,42+/m1/s1. The zero-order valence-corrected chi connectivity index (χ0v) is 31.9. The lowest BCUT2D eigenvalue weighted by Crippen LogP contribution is -2.69. The summed E-state index contributed by atoms with van der Waals surface area (Å²) in [6.45, 7) is 10.7. The minimum Gasteiger partial charge on any atom is -0.497 e. The van der Waals surface area contributed by atoms with E-state index in [1.807, 2.05) is 50.2 Å². The number of benzene rings is 5. The lowest BCUT2D eigenvalue weighted by atomic mass is 9.63. The van der Waals surface area contributed by atoms with Gasteiger partial charge in [0.05, 0.1) is 19.1 Å². The molecule has 5 aromatic carbocycles. The van der Waals surface area contributed by atoms with Gasteiger partial charge in [-0.05, 0) is 58.1 Å². The molecule has 2 saturated heterocycles. The predicted octanol–water partition coefficient (Wildman–Crippen LogP) is 7.25. The molecular weight excluding hydrogens is 665 g/mol. The normalized spacial score (nSPS) is 23.2. The Kier molecular flexibility index (Phi) is 10.0. The molecule has 0 saturated carbocycles. The van der Waals surface area contributed by atoms with Crippen LogP contribution >= 0.6 is 0 Å². The maximum Gasteiger partial charge on any atom is 0.261 e. The Hall–Kier alpha value is -4.08. The van der Waals surface area contributed by atoms with Crippen molar-refractivity contribution in [3.8, 4) is 5.75 Å². The first kappa shape index (κ1) is 36.3. The van der Waals surface area contributed by atoms with Gasteiger partial charge >= 0.3 is 0 Å². The number of methoxy groups -OCH3 is 1. The SMILES string of the molecule is COc1ccc(C(c2ccccc2)(c2ccccc2)[C@H]2O[C@H](CO[Si](c3ccccc3)(c3ccccc3)C(C)(C)C)[C@@H](O)[C@@H]3OC(C)(C)O[C@@H]32)cc1. The van der Waals surface area contributed by atoms with Crippen molar-refractivity contribution in [2.45, 2.75) is 81.4 Å². The van der Waals surface area contributed by atoms with Gasteiger partial charge in [0, 0.05) is 0 Å². The predicted molar refractivity (Wildman–Crippen MR) is 208 cm³/mol. The van der Waals surface area contributed by atoms with Gasteiger partial charge in [-0.2, -0.15) is 0 Å². The Morgan fingerprint density at radius 2 is 1.08 bits per heavy atom. The van der Waals surface area contributed by atoms with Crippen LogP contribution in [0.1, 0.15) is 51.3 Å². The number of rotatable bonds is 10. The maximum atomic E-state index is 12.3. The topological polar surface area (TPSA) is 66.4 Å². The molecule has 1 N–H and O–H groups in total. The van der Waals surface area contributed by atoms with E-state index >= 15 is 0 Å². The molecule has 6 nitrogen and oxygen atoms in total. The molecule has 0 aromatic heterocycles. The fourth-order valence-corrected chi connectivity index (χ4v) is 13.1. The van der Waals surface area contributed by atoms with Crippen LogP contribution in [0.25, 0.3) is 0 Å². The van der Waals surface area contributed by atoms with E-state index in [0.717, 1.165) is 32.8 Å². The highest BCUT2D eigenvalue weighted by atomic mass is 28.4. The minimum atomic E-state index is -2.97. The summed E-state index contributed by atoms with van der Waals surface area (Å²) in [5.41, 5.74) is 2.20. The van der Waals surface area contributed by atoms with E-state index < -0.39 is 50.0 Å². The second-order valence-electron chi connectivity index (χ2n) is 15.4. The third kappa shape index (κ3) is 6.34. The Labute approximate surface area is 309 Å². The van der Waals surface area contributed by atoms with Crippen LogP contribution in [0, 0.1) is 0 Å². The fourth-order valence-electron chi connectivity index (χ4n) is 8.58. The summed E-state index contributed by atoms with van der Waals surface area (Å²) in [5, 5.41) is 14.3. The summed E-state index contributed by atoms with van der Waals surface area (Å²) < 4.78 is 33.8.